The van der Waals surface area contributed by atoms with Crippen molar-refractivity contribution in [1.29, 1.82) is 0 Å². The van der Waals surface area contributed by atoms with Crippen molar-refractivity contribution in [2.75, 3.05) is 39.8 Å². The summed E-state index contributed by atoms with van der Waals surface area (Å²) in [5.41, 5.74) is 1.37. The van der Waals surface area contributed by atoms with Crippen LogP contribution in [0.2, 0.25) is 0 Å². The van der Waals surface area contributed by atoms with Crippen LogP contribution in [-0.4, -0.2) is 49.6 Å². The molecule has 0 saturated carbocycles. The van der Waals surface area contributed by atoms with Crippen molar-refractivity contribution >= 4 is 0 Å². The normalized spacial score (nSPS) is 16.1. The highest BCUT2D eigenvalue weighted by atomic mass is 16.5. The summed E-state index contributed by atoms with van der Waals surface area (Å²) >= 11 is 0. The van der Waals surface area contributed by atoms with Crippen LogP contribution in [0.1, 0.15) is 70.3 Å². The van der Waals surface area contributed by atoms with Gasteiger partial charge in [0.05, 0.1) is 6.61 Å². The Morgan fingerprint density at radius 1 is 0.846 bits per heavy atom. The zero-order valence-electron chi connectivity index (χ0n) is 17.2. The van der Waals surface area contributed by atoms with Gasteiger partial charge in [-0.25, -0.2) is 0 Å². The third-order valence-corrected chi connectivity index (χ3v) is 5.42. The van der Waals surface area contributed by atoms with E-state index >= 15 is 0 Å². The fourth-order valence-corrected chi connectivity index (χ4v) is 3.60. The Balaban J connectivity index is 1.54. The standard InChI is InChI=1S/C23H40N2O/c1-3-4-5-6-7-8-9-10-11-19-26-23-14-12-13-22(20-23)21-25-17-15-24(2)16-18-25/h12-14,20H,3-11,15-19,21H2,1-2H3. The number of benzene rings is 1. The van der Waals surface area contributed by atoms with Gasteiger partial charge in [-0.3, -0.25) is 4.90 Å². The van der Waals surface area contributed by atoms with E-state index in [4.69, 9.17) is 4.74 Å². The van der Waals surface area contributed by atoms with Gasteiger partial charge in [0, 0.05) is 32.7 Å². The first-order chi connectivity index (χ1) is 12.8. The average molecular weight is 361 g/mol. The summed E-state index contributed by atoms with van der Waals surface area (Å²) in [4.78, 5) is 4.95. The Morgan fingerprint density at radius 2 is 1.50 bits per heavy atom. The quantitative estimate of drug-likeness (QED) is 0.441. The van der Waals surface area contributed by atoms with Crippen molar-refractivity contribution in [3.63, 3.8) is 0 Å². The van der Waals surface area contributed by atoms with Gasteiger partial charge in [-0.2, -0.15) is 0 Å². The molecule has 0 aromatic heterocycles. The van der Waals surface area contributed by atoms with Gasteiger partial charge in [0.2, 0.25) is 0 Å². The second-order valence-corrected chi connectivity index (χ2v) is 7.90. The molecule has 0 unspecified atom stereocenters. The maximum absolute atomic E-state index is 5.99. The monoisotopic (exact) mass is 360 g/mol. The summed E-state index contributed by atoms with van der Waals surface area (Å²) in [7, 11) is 2.21. The lowest BCUT2D eigenvalue weighted by Gasteiger charge is -2.32. The number of nitrogens with zero attached hydrogens (tertiary/aromatic N) is 2. The van der Waals surface area contributed by atoms with E-state index < -0.39 is 0 Å². The number of piperazine rings is 1. The van der Waals surface area contributed by atoms with Gasteiger partial charge in [0.15, 0.2) is 0 Å². The van der Waals surface area contributed by atoms with Crippen molar-refractivity contribution in [1.82, 2.24) is 9.80 Å². The molecule has 26 heavy (non-hydrogen) atoms. The van der Waals surface area contributed by atoms with Crippen LogP contribution in [0.3, 0.4) is 0 Å². The zero-order valence-corrected chi connectivity index (χ0v) is 17.2. The molecule has 148 valence electrons. The Morgan fingerprint density at radius 3 is 2.19 bits per heavy atom. The van der Waals surface area contributed by atoms with Crippen LogP contribution in [0.5, 0.6) is 5.75 Å². The van der Waals surface area contributed by atoms with E-state index in [1.54, 1.807) is 0 Å². The summed E-state index contributed by atoms with van der Waals surface area (Å²) in [5, 5.41) is 0. The molecule has 1 fully saturated rings. The molecule has 0 amide bonds. The second kappa shape index (κ2) is 13.2. The first-order valence-corrected chi connectivity index (χ1v) is 10.9. The molecule has 1 aromatic carbocycles. The lowest BCUT2D eigenvalue weighted by molar-refractivity contribution is 0.148. The second-order valence-electron chi connectivity index (χ2n) is 7.90. The van der Waals surface area contributed by atoms with Crippen molar-refractivity contribution in [2.24, 2.45) is 0 Å². The predicted molar refractivity (Wildman–Crippen MR) is 112 cm³/mol. The van der Waals surface area contributed by atoms with Crippen LogP contribution >= 0.6 is 0 Å². The number of hydrogen-bond donors (Lipinski definition) is 0. The molecule has 0 N–H and O–H groups in total. The molecule has 0 spiro atoms. The Labute approximate surface area is 161 Å². The topological polar surface area (TPSA) is 15.7 Å². The molecule has 1 saturated heterocycles. The molecule has 0 radical (unpaired) electrons. The highest BCUT2D eigenvalue weighted by Gasteiger charge is 2.13. The van der Waals surface area contributed by atoms with E-state index in [0.29, 0.717) is 0 Å². The van der Waals surface area contributed by atoms with Crippen molar-refractivity contribution in [3.05, 3.63) is 29.8 Å². The van der Waals surface area contributed by atoms with Crippen LogP contribution in [0.25, 0.3) is 0 Å². The van der Waals surface area contributed by atoms with Gasteiger partial charge in [-0.1, -0.05) is 70.4 Å². The van der Waals surface area contributed by atoms with E-state index in [1.807, 2.05) is 0 Å². The average Bonchev–Trinajstić information content (AvgIpc) is 2.65. The smallest absolute Gasteiger partial charge is 0.119 e. The lowest BCUT2D eigenvalue weighted by atomic mass is 10.1. The number of hydrogen-bond acceptors (Lipinski definition) is 3. The molecule has 1 aliphatic heterocycles. The predicted octanol–water partition coefficient (Wildman–Crippen LogP) is 5.34. The van der Waals surface area contributed by atoms with E-state index in [-0.39, 0.29) is 0 Å². The van der Waals surface area contributed by atoms with Crippen molar-refractivity contribution in [3.8, 4) is 5.75 Å². The van der Waals surface area contributed by atoms with Gasteiger partial charge < -0.3 is 9.64 Å². The highest BCUT2D eigenvalue weighted by Crippen LogP contribution is 2.17. The maximum atomic E-state index is 5.99. The minimum atomic E-state index is 0.855. The molecule has 2 rings (SSSR count). The first kappa shape index (κ1) is 21.2. The molecule has 1 aliphatic rings. The summed E-state index contributed by atoms with van der Waals surface area (Å²) in [6.07, 6.45) is 12.2. The van der Waals surface area contributed by atoms with E-state index in [9.17, 15) is 0 Å². The molecule has 1 aromatic rings. The Bertz CT molecular complexity index is 469. The minimum absolute atomic E-state index is 0.855. The minimum Gasteiger partial charge on any atom is -0.494 e. The van der Waals surface area contributed by atoms with Gasteiger partial charge in [0.25, 0.3) is 0 Å². The van der Waals surface area contributed by atoms with Crippen LogP contribution in [0, 0.1) is 0 Å². The molecular formula is C23H40N2O. The van der Waals surface area contributed by atoms with Crippen LogP contribution < -0.4 is 4.74 Å². The van der Waals surface area contributed by atoms with Gasteiger partial charge >= 0.3 is 0 Å². The van der Waals surface area contributed by atoms with Crippen molar-refractivity contribution in [2.45, 2.75) is 71.3 Å². The Kier molecular flexibility index (Phi) is 10.8. The zero-order chi connectivity index (χ0) is 18.5. The lowest BCUT2D eigenvalue weighted by Crippen LogP contribution is -2.43. The number of likely N-dealkylation sites (N-methyl/N-ethyl adjacent to an activating group) is 1. The van der Waals surface area contributed by atoms with Crippen LogP contribution in [0.4, 0.5) is 0 Å². The van der Waals surface area contributed by atoms with Gasteiger partial charge in [-0.05, 0) is 31.2 Å². The van der Waals surface area contributed by atoms with Gasteiger partial charge in [-0.15, -0.1) is 0 Å². The van der Waals surface area contributed by atoms with E-state index in [2.05, 4.69) is 48.0 Å². The molecule has 0 aliphatic carbocycles. The Hall–Kier alpha value is -1.06. The van der Waals surface area contributed by atoms with Gasteiger partial charge in [0.1, 0.15) is 5.75 Å². The third-order valence-electron chi connectivity index (χ3n) is 5.42. The fraction of sp³-hybridized carbons (Fsp3) is 0.739. The number of rotatable bonds is 13. The van der Waals surface area contributed by atoms with Crippen LogP contribution in [0.15, 0.2) is 24.3 Å². The summed E-state index contributed by atoms with van der Waals surface area (Å²) in [6.45, 7) is 8.86. The SMILES string of the molecule is CCCCCCCCCCCOc1cccc(CN2CCN(C)CC2)c1. The summed E-state index contributed by atoms with van der Waals surface area (Å²) in [5.74, 6) is 1.04. The summed E-state index contributed by atoms with van der Waals surface area (Å²) < 4.78 is 5.99. The molecular weight excluding hydrogens is 320 g/mol. The largest absolute Gasteiger partial charge is 0.494 e. The maximum Gasteiger partial charge on any atom is 0.119 e. The molecule has 1 heterocycles. The van der Waals surface area contributed by atoms with Crippen molar-refractivity contribution < 1.29 is 4.74 Å². The third kappa shape index (κ3) is 9.05. The summed E-state index contributed by atoms with van der Waals surface area (Å²) in [6, 6.07) is 8.69. The molecule has 0 atom stereocenters. The molecule has 3 heteroatoms. The van der Waals surface area contributed by atoms with E-state index in [1.165, 1.54) is 89.5 Å². The highest BCUT2D eigenvalue weighted by molar-refractivity contribution is 5.28. The number of ether oxygens (including phenoxy) is 1. The van der Waals surface area contributed by atoms with E-state index in [0.717, 1.165) is 18.9 Å². The van der Waals surface area contributed by atoms with Crippen LogP contribution in [-0.2, 0) is 6.54 Å². The number of unbranched alkanes of at least 4 members (excludes halogenated alkanes) is 8. The fourth-order valence-electron chi connectivity index (χ4n) is 3.60. The molecule has 3 nitrogen and oxygen atoms in total. The first-order valence-electron chi connectivity index (χ1n) is 10.9. The molecule has 0 bridgehead atoms.